The highest BCUT2D eigenvalue weighted by Gasteiger charge is 2.26. The van der Waals surface area contributed by atoms with Crippen LogP contribution < -0.4 is 15.2 Å². The first-order chi connectivity index (χ1) is 8.75. The Kier molecular flexibility index (Phi) is 4.86. The van der Waals surface area contributed by atoms with Gasteiger partial charge in [0, 0.05) is 12.1 Å². The third kappa shape index (κ3) is 3.87. The van der Waals surface area contributed by atoms with Crippen LogP contribution in [0, 0.1) is 0 Å². The summed E-state index contributed by atoms with van der Waals surface area (Å²) in [5, 5.41) is 0. The van der Waals surface area contributed by atoms with E-state index in [2.05, 4.69) is 27.7 Å². The van der Waals surface area contributed by atoms with E-state index in [-0.39, 0.29) is 11.0 Å². The maximum atomic E-state index is 6.18. The van der Waals surface area contributed by atoms with E-state index in [1.807, 2.05) is 25.1 Å². The molecule has 0 saturated carbocycles. The molecule has 1 unspecified atom stereocenters. The molecule has 0 heterocycles. The van der Waals surface area contributed by atoms with Crippen molar-refractivity contribution in [1.82, 2.24) is 0 Å². The largest absolute Gasteiger partial charge is 0.497 e. The molecule has 0 aliphatic rings. The number of methoxy groups -OCH3 is 1. The maximum absolute atomic E-state index is 6.18. The topological polar surface area (TPSA) is 44.5 Å². The summed E-state index contributed by atoms with van der Waals surface area (Å²) < 4.78 is 11.5. The molecule has 0 aliphatic heterocycles. The highest BCUT2D eigenvalue weighted by molar-refractivity contribution is 5.44. The van der Waals surface area contributed by atoms with Crippen molar-refractivity contribution >= 4 is 0 Å². The van der Waals surface area contributed by atoms with Gasteiger partial charge in [0.2, 0.25) is 0 Å². The molecule has 0 saturated heterocycles. The highest BCUT2D eigenvalue weighted by Crippen LogP contribution is 2.36. The molecule has 0 spiro atoms. The van der Waals surface area contributed by atoms with Crippen molar-refractivity contribution < 1.29 is 9.47 Å². The monoisotopic (exact) mass is 265 g/mol. The van der Waals surface area contributed by atoms with Gasteiger partial charge in [-0.1, -0.05) is 27.7 Å². The molecule has 0 bridgehead atoms. The second-order valence-corrected chi connectivity index (χ2v) is 6.22. The first-order valence-corrected chi connectivity index (χ1v) is 6.83. The van der Waals surface area contributed by atoms with Crippen molar-refractivity contribution in [1.29, 1.82) is 0 Å². The van der Waals surface area contributed by atoms with Gasteiger partial charge in [0.15, 0.2) is 0 Å². The zero-order chi connectivity index (χ0) is 14.7. The Labute approximate surface area is 117 Å². The molecule has 1 rings (SSSR count). The van der Waals surface area contributed by atoms with Crippen molar-refractivity contribution in [3.05, 3.63) is 23.8 Å². The molecule has 3 nitrogen and oxygen atoms in total. The van der Waals surface area contributed by atoms with Crippen LogP contribution in [0.5, 0.6) is 11.5 Å². The third-order valence-corrected chi connectivity index (χ3v) is 3.53. The van der Waals surface area contributed by atoms with Crippen LogP contribution in [0.3, 0.4) is 0 Å². The van der Waals surface area contributed by atoms with Crippen LogP contribution in [0.15, 0.2) is 18.2 Å². The van der Waals surface area contributed by atoms with Crippen LogP contribution in [0.4, 0.5) is 0 Å². The Morgan fingerprint density at radius 3 is 2.21 bits per heavy atom. The molecular weight excluding hydrogens is 238 g/mol. The SMILES string of the molecule is CCC(C)(CN)Oc1ccc(OC)cc1C(C)(C)C. The lowest BCUT2D eigenvalue weighted by Crippen LogP contribution is -2.40. The lowest BCUT2D eigenvalue weighted by molar-refractivity contribution is 0.0909. The van der Waals surface area contributed by atoms with Crippen molar-refractivity contribution in [2.45, 2.75) is 52.1 Å². The van der Waals surface area contributed by atoms with Gasteiger partial charge < -0.3 is 15.2 Å². The molecule has 0 aromatic heterocycles. The fourth-order valence-electron chi connectivity index (χ4n) is 1.83. The molecule has 0 radical (unpaired) electrons. The minimum atomic E-state index is -0.325. The summed E-state index contributed by atoms with van der Waals surface area (Å²) in [5.41, 5.74) is 6.64. The standard InChI is InChI=1S/C16H27NO2/c1-7-16(5,11-17)19-14-9-8-12(18-6)10-13(14)15(2,3)4/h8-10H,7,11,17H2,1-6H3. The predicted molar refractivity (Wildman–Crippen MR) is 80.1 cm³/mol. The summed E-state index contributed by atoms with van der Waals surface area (Å²) in [4.78, 5) is 0. The smallest absolute Gasteiger partial charge is 0.124 e. The summed E-state index contributed by atoms with van der Waals surface area (Å²) in [6.07, 6.45) is 0.874. The van der Waals surface area contributed by atoms with Gasteiger partial charge in [-0.3, -0.25) is 0 Å². The average Bonchev–Trinajstić information content (AvgIpc) is 2.37. The van der Waals surface area contributed by atoms with Crippen LogP contribution in [0.25, 0.3) is 0 Å². The summed E-state index contributed by atoms with van der Waals surface area (Å²) in [6, 6.07) is 5.95. The Morgan fingerprint density at radius 2 is 1.79 bits per heavy atom. The zero-order valence-electron chi connectivity index (χ0n) is 13.0. The third-order valence-electron chi connectivity index (χ3n) is 3.53. The number of hydrogen-bond acceptors (Lipinski definition) is 3. The summed E-state index contributed by atoms with van der Waals surface area (Å²) in [6.45, 7) is 11.1. The molecular formula is C16H27NO2. The van der Waals surface area contributed by atoms with E-state index in [9.17, 15) is 0 Å². The minimum Gasteiger partial charge on any atom is -0.497 e. The maximum Gasteiger partial charge on any atom is 0.124 e. The quantitative estimate of drug-likeness (QED) is 0.886. The van der Waals surface area contributed by atoms with Gasteiger partial charge in [0.05, 0.1) is 7.11 Å². The Bertz CT molecular complexity index is 417. The van der Waals surface area contributed by atoms with E-state index in [0.717, 1.165) is 23.5 Å². The number of benzene rings is 1. The first kappa shape index (κ1) is 15.8. The molecule has 3 heteroatoms. The van der Waals surface area contributed by atoms with Gasteiger partial charge >= 0.3 is 0 Å². The molecule has 108 valence electrons. The van der Waals surface area contributed by atoms with Gasteiger partial charge in [-0.05, 0) is 37.0 Å². The van der Waals surface area contributed by atoms with E-state index >= 15 is 0 Å². The second-order valence-electron chi connectivity index (χ2n) is 6.22. The van der Waals surface area contributed by atoms with E-state index in [0.29, 0.717) is 6.54 Å². The van der Waals surface area contributed by atoms with E-state index < -0.39 is 0 Å². The van der Waals surface area contributed by atoms with E-state index in [1.165, 1.54) is 0 Å². The van der Waals surface area contributed by atoms with Crippen LogP contribution in [-0.4, -0.2) is 19.3 Å². The van der Waals surface area contributed by atoms with Crippen molar-refractivity contribution in [2.75, 3.05) is 13.7 Å². The normalized spacial score (nSPS) is 14.9. The molecule has 2 N–H and O–H groups in total. The Balaban J connectivity index is 3.20. The van der Waals surface area contributed by atoms with Gasteiger partial charge in [-0.15, -0.1) is 0 Å². The summed E-state index contributed by atoms with van der Waals surface area (Å²) in [7, 11) is 1.68. The fourth-order valence-corrected chi connectivity index (χ4v) is 1.83. The lowest BCUT2D eigenvalue weighted by Gasteiger charge is -2.32. The first-order valence-electron chi connectivity index (χ1n) is 6.83. The van der Waals surface area contributed by atoms with Crippen LogP contribution >= 0.6 is 0 Å². The Morgan fingerprint density at radius 1 is 1.16 bits per heavy atom. The molecule has 19 heavy (non-hydrogen) atoms. The second kappa shape index (κ2) is 5.83. The van der Waals surface area contributed by atoms with Crippen molar-refractivity contribution in [2.24, 2.45) is 5.73 Å². The van der Waals surface area contributed by atoms with Crippen molar-refractivity contribution in [3.63, 3.8) is 0 Å². The molecule has 1 aromatic rings. The Hall–Kier alpha value is -1.22. The van der Waals surface area contributed by atoms with Gasteiger partial charge in [-0.25, -0.2) is 0 Å². The minimum absolute atomic E-state index is 0.00682. The average molecular weight is 265 g/mol. The predicted octanol–water partition coefficient (Wildman–Crippen LogP) is 3.50. The van der Waals surface area contributed by atoms with Crippen LogP contribution in [-0.2, 0) is 5.41 Å². The number of ether oxygens (including phenoxy) is 2. The fraction of sp³-hybridized carbons (Fsp3) is 0.625. The van der Waals surface area contributed by atoms with E-state index in [4.69, 9.17) is 15.2 Å². The molecule has 0 amide bonds. The van der Waals surface area contributed by atoms with Crippen LogP contribution in [0.1, 0.15) is 46.6 Å². The highest BCUT2D eigenvalue weighted by atomic mass is 16.5. The van der Waals surface area contributed by atoms with Gasteiger partial charge in [0.1, 0.15) is 17.1 Å². The molecule has 0 aliphatic carbocycles. The summed E-state index contributed by atoms with van der Waals surface area (Å²) in [5.74, 6) is 1.74. The number of hydrogen-bond donors (Lipinski definition) is 1. The van der Waals surface area contributed by atoms with Crippen molar-refractivity contribution in [3.8, 4) is 11.5 Å². The van der Waals surface area contributed by atoms with Gasteiger partial charge in [0.25, 0.3) is 0 Å². The van der Waals surface area contributed by atoms with Crippen LogP contribution in [0.2, 0.25) is 0 Å². The zero-order valence-corrected chi connectivity index (χ0v) is 13.0. The molecule has 1 aromatic carbocycles. The molecule has 0 fully saturated rings. The van der Waals surface area contributed by atoms with Gasteiger partial charge in [-0.2, -0.15) is 0 Å². The summed E-state index contributed by atoms with van der Waals surface area (Å²) >= 11 is 0. The lowest BCUT2D eigenvalue weighted by atomic mass is 9.86. The number of rotatable bonds is 5. The number of nitrogens with two attached hydrogens (primary N) is 1. The molecule has 1 atom stereocenters. The van der Waals surface area contributed by atoms with E-state index in [1.54, 1.807) is 7.11 Å².